The molecule has 2 rings (SSSR count). The van der Waals surface area contributed by atoms with Crippen LogP contribution in [0.5, 0.6) is 0 Å². The number of oxime groups is 1. The van der Waals surface area contributed by atoms with Gasteiger partial charge in [0.25, 0.3) is 0 Å². The van der Waals surface area contributed by atoms with Crippen LogP contribution in [0.2, 0.25) is 10.3 Å². The van der Waals surface area contributed by atoms with Crippen molar-refractivity contribution < 1.29 is 5.21 Å². The highest BCUT2D eigenvalue weighted by Crippen LogP contribution is 2.43. The summed E-state index contributed by atoms with van der Waals surface area (Å²) in [6.07, 6.45) is 0. The monoisotopic (exact) mass is 251 g/mol. The maximum atomic E-state index is 8.91. The van der Waals surface area contributed by atoms with Gasteiger partial charge in [-0.3, -0.25) is 4.57 Å². The van der Waals surface area contributed by atoms with Gasteiger partial charge in [-0.25, -0.2) is 4.98 Å². The largest absolute Gasteiger partial charge is 0.409 e. The van der Waals surface area contributed by atoms with Crippen LogP contribution in [0.25, 0.3) is 0 Å². The molecule has 14 heavy (non-hydrogen) atoms. The van der Waals surface area contributed by atoms with Crippen molar-refractivity contribution in [3.05, 3.63) is 10.3 Å². The number of hydrogen-bond donors (Lipinski definition) is 1. The highest BCUT2D eigenvalue weighted by atomic mass is 35.5. The molecule has 7 heteroatoms. The van der Waals surface area contributed by atoms with E-state index < -0.39 is 0 Å². The Morgan fingerprint density at radius 1 is 1.50 bits per heavy atom. The van der Waals surface area contributed by atoms with Crippen molar-refractivity contribution in [2.75, 3.05) is 0 Å². The van der Waals surface area contributed by atoms with Crippen LogP contribution >= 0.6 is 35.0 Å². The van der Waals surface area contributed by atoms with Crippen LogP contribution in [0.1, 0.15) is 13.8 Å². The zero-order chi connectivity index (χ0) is 10.5. The first-order valence-electron chi connectivity index (χ1n) is 3.83. The van der Waals surface area contributed by atoms with Gasteiger partial charge in [0, 0.05) is 0 Å². The zero-order valence-corrected chi connectivity index (χ0v) is 9.78. The van der Waals surface area contributed by atoms with E-state index in [1.807, 2.05) is 13.8 Å². The number of nitrogens with zero attached hydrogens (tertiary/aromatic N) is 3. The number of aromatic nitrogens is 2. The van der Waals surface area contributed by atoms with Gasteiger partial charge in [-0.05, 0) is 13.8 Å². The van der Waals surface area contributed by atoms with E-state index in [4.69, 9.17) is 28.4 Å². The third-order valence-corrected chi connectivity index (χ3v) is 3.80. The van der Waals surface area contributed by atoms with Crippen molar-refractivity contribution in [3.63, 3.8) is 0 Å². The number of fused-ring (bicyclic) bond motifs is 1. The van der Waals surface area contributed by atoms with Crippen LogP contribution in [0.3, 0.4) is 0 Å². The average Bonchev–Trinajstić information content (AvgIpc) is 2.46. The van der Waals surface area contributed by atoms with Crippen LogP contribution in [-0.2, 0) is 0 Å². The Morgan fingerprint density at radius 2 is 2.14 bits per heavy atom. The zero-order valence-electron chi connectivity index (χ0n) is 7.45. The second-order valence-corrected chi connectivity index (χ2v) is 5.65. The molecule has 0 unspecified atom stereocenters. The van der Waals surface area contributed by atoms with E-state index in [0.717, 1.165) is 0 Å². The van der Waals surface area contributed by atoms with Crippen LogP contribution in [0.15, 0.2) is 10.3 Å². The maximum absolute atomic E-state index is 8.91. The standard InChI is InChI=1S/C7H7Cl2N3OS/c1-7(2)5(11-13)12-4(9)3(8)10-6(12)14-7/h13H,1-2H3/b11-5+. The molecular formula is C7H7Cl2N3OS. The molecule has 1 aromatic heterocycles. The second kappa shape index (κ2) is 3.05. The van der Waals surface area contributed by atoms with Crippen LogP contribution in [0.4, 0.5) is 0 Å². The fourth-order valence-corrected chi connectivity index (χ4v) is 2.87. The number of imidazole rings is 1. The van der Waals surface area contributed by atoms with Gasteiger partial charge in [-0.15, -0.1) is 0 Å². The van der Waals surface area contributed by atoms with Crippen LogP contribution in [0, 0.1) is 0 Å². The molecule has 4 nitrogen and oxygen atoms in total. The summed E-state index contributed by atoms with van der Waals surface area (Å²) in [5, 5.41) is 13.3. The van der Waals surface area contributed by atoms with Gasteiger partial charge in [0.1, 0.15) is 0 Å². The molecule has 1 aliphatic heterocycles. The molecule has 2 heterocycles. The predicted octanol–water partition coefficient (Wildman–Crippen LogP) is 2.71. The van der Waals surface area contributed by atoms with Crippen molar-refractivity contribution >= 4 is 40.8 Å². The molecule has 0 atom stereocenters. The molecule has 0 saturated carbocycles. The average molecular weight is 252 g/mol. The summed E-state index contributed by atoms with van der Waals surface area (Å²) in [4.78, 5) is 4.05. The molecule has 76 valence electrons. The van der Waals surface area contributed by atoms with Gasteiger partial charge < -0.3 is 5.21 Å². The molecule has 0 bridgehead atoms. The Bertz CT molecular complexity index is 427. The third-order valence-electron chi connectivity index (χ3n) is 1.94. The van der Waals surface area contributed by atoms with E-state index >= 15 is 0 Å². The van der Waals surface area contributed by atoms with Gasteiger partial charge in [-0.2, -0.15) is 0 Å². The highest BCUT2D eigenvalue weighted by molar-refractivity contribution is 8.01. The molecule has 0 radical (unpaired) electrons. The Balaban J connectivity index is 2.65. The lowest BCUT2D eigenvalue weighted by molar-refractivity contribution is 0.314. The van der Waals surface area contributed by atoms with E-state index in [9.17, 15) is 0 Å². The Morgan fingerprint density at radius 3 is 2.71 bits per heavy atom. The second-order valence-electron chi connectivity index (χ2n) is 3.35. The van der Waals surface area contributed by atoms with Crippen molar-refractivity contribution in [2.24, 2.45) is 5.16 Å². The summed E-state index contributed by atoms with van der Waals surface area (Å²) in [6.45, 7) is 3.84. The summed E-state index contributed by atoms with van der Waals surface area (Å²) in [5.41, 5.74) is 0. The molecular weight excluding hydrogens is 245 g/mol. The van der Waals surface area contributed by atoms with Crippen molar-refractivity contribution in [1.29, 1.82) is 0 Å². The lowest BCUT2D eigenvalue weighted by atomic mass is 10.2. The molecule has 0 spiro atoms. The molecule has 1 aromatic rings. The summed E-state index contributed by atoms with van der Waals surface area (Å²) in [5.74, 6) is 0.446. The molecule has 0 amide bonds. The number of hydrogen-bond acceptors (Lipinski definition) is 4. The molecule has 0 fully saturated rings. The van der Waals surface area contributed by atoms with Gasteiger partial charge >= 0.3 is 0 Å². The first-order chi connectivity index (χ1) is 6.47. The molecule has 1 aliphatic rings. The number of thioether (sulfide) groups is 1. The van der Waals surface area contributed by atoms with Crippen LogP contribution in [-0.4, -0.2) is 25.3 Å². The van der Waals surface area contributed by atoms with E-state index in [0.29, 0.717) is 11.0 Å². The molecule has 0 saturated heterocycles. The quantitative estimate of drug-likeness (QED) is 0.570. The van der Waals surface area contributed by atoms with Crippen molar-refractivity contribution in [2.45, 2.75) is 23.8 Å². The fraction of sp³-hybridized carbons (Fsp3) is 0.429. The summed E-state index contributed by atoms with van der Waals surface area (Å²) in [6, 6.07) is 0. The maximum Gasteiger partial charge on any atom is 0.177 e. The lowest BCUT2D eigenvalue weighted by Gasteiger charge is -2.15. The van der Waals surface area contributed by atoms with Gasteiger partial charge in [0.05, 0.1) is 4.75 Å². The Labute approximate surface area is 94.9 Å². The van der Waals surface area contributed by atoms with Gasteiger partial charge in [-0.1, -0.05) is 40.1 Å². The number of rotatable bonds is 0. The van der Waals surface area contributed by atoms with Crippen LogP contribution < -0.4 is 0 Å². The van der Waals surface area contributed by atoms with E-state index in [1.165, 1.54) is 11.8 Å². The first kappa shape index (κ1) is 10.1. The minimum atomic E-state index is -0.342. The van der Waals surface area contributed by atoms with Crippen molar-refractivity contribution in [3.8, 4) is 0 Å². The van der Waals surface area contributed by atoms with Crippen molar-refractivity contribution in [1.82, 2.24) is 9.55 Å². The summed E-state index contributed by atoms with van der Waals surface area (Å²) in [7, 11) is 0. The van der Waals surface area contributed by atoms with E-state index in [2.05, 4.69) is 10.1 Å². The van der Waals surface area contributed by atoms with E-state index in [1.54, 1.807) is 4.57 Å². The van der Waals surface area contributed by atoms with Gasteiger partial charge in [0.15, 0.2) is 21.3 Å². The fourth-order valence-electron chi connectivity index (χ4n) is 1.32. The third kappa shape index (κ3) is 1.23. The predicted molar refractivity (Wildman–Crippen MR) is 56.8 cm³/mol. The first-order valence-corrected chi connectivity index (χ1v) is 5.40. The summed E-state index contributed by atoms with van der Waals surface area (Å²) >= 11 is 13.1. The summed E-state index contributed by atoms with van der Waals surface area (Å²) < 4.78 is 1.21. The normalized spacial score (nSPS) is 21.6. The Kier molecular flexibility index (Phi) is 2.21. The van der Waals surface area contributed by atoms with Gasteiger partial charge in [0.2, 0.25) is 0 Å². The molecule has 0 aliphatic carbocycles. The highest BCUT2D eigenvalue weighted by Gasteiger charge is 2.40. The lowest BCUT2D eigenvalue weighted by Crippen LogP contribution is -2.28. The minimum absolute atomic E-state index is 0.228. The number of halogens is 2. The minimum Gasteiger partial charge on any atom is -0.409 e. The SMILES string of the molecule is CC1(C)Sc2nc(Cl)c(Cl)n2/C1=N/O. The van der Waals surface area contributed by atoms with E-state index in [-0.39, 0.29) is 15.1 Å². The topological polar surface area (TPSA) is 50.4 Å². The smallest absolute Gasteiger partial charge is 0.177 e. The molecule has 1 N–H and O–H groups in total. The molecule has 0 aromatic carbocycles. The Hall–Kier alpha value is -0.390.